The lowest BCUT2D eigenvalue weighted by Gasteiger charge is -2.07. The Balaban J connectivity index is 0.000000461. The van der Waals surface area contributed by atoms with Crippen molar-refractivity contribution < 1.29 is 9.84 Å². The predicted molar refractivity (Wildman–Crippen MR) is 57.1 cm³/mol. The van der Waals surface area contributed by atoms with Crippen LogP contribution in [0, 0.1) is 0 Å². The van der Waals surface area contributed by atoms with Crippen molar-refractivity contribution >= 4 is 0 Å². The van der Waals surface area contributed by atoms with Crippen LogP contribution in [0.2, 0.25) is 0 Å². The van der Waals surface area contributed by atoms with Crippen molar-refractivity contribution in [2.24, 2.45) is 0 Å². The van der Waals surface area contributed by atoms with Crippen molar-refractivity contribution in [1.29, 1.82) is 0 Å². The second kappa shape index (κ2) is 5.78. The smallest absolute Gasteiger partial charge is 0.0837 e. The Bertz CT molecular complexity index is 242. The number of aliphatic hydroxyl groups excluding tert-OH is 1. The second-order valence-corrected chi connectivity index (χ2v) is 3.12. The van der Waals surface area contributed by atoms with Gasteiger partial charge < -0.3 is 9.84 Å². The molecule has 1 aliphatic heterocycles. The van der Waals surface area contributed by atoms with E-state index in [1.807, 2.05) is 44.2 Å². The number of rotatable bonds is 3. The first kappa shape index (κ1) is 11.2. The lowest BCUT2D eigenvalue weighted by Crippen LogP contribution is -2.00. The van der Waals surface area contributed by atoms with E-state index in [0.29, 0.717) is 6.10 Å². The Morgan fingerprint density at radius 3 is 2.43 bits per heavy atom. The van der Waals surface area contributed by atoms with Crippen LogP contribution >= 0.6 is 0 Å². The average Bonchev–Trinajstić information content (AvgIpc) is 3.06. The molecule has 0 amide bonds. The van der Waals surface area contributed by atoms with Crippen LogP contribution < -0.4 is 0 Å². The molecule has 2 rings (SSSR count). The molecule has 2 atom stereocenters. The van der Waals surface area contributed by atoms with Gasteiger partial charge in [-0.2, -0.15) is 0 Å². The standard InChI is InChI=1S/C10H12O2.C2H6/c11-10(6-9-7-12-9)8-4-2-1-3-5-8;1-2/h1-5,9-11H,6-7H2;1-2H3. The largest absolute Gasteiger partial charge is 0.388 e. The zero-order chi connectivity index (χ0) is 10.4. The van der Waals surface area contributed by atoms with Gasteiger partial charge in [0, 0.05) is 6.42 Å². The lowest BCUT2D eigenvalue weighted by molar-refractivity contribution is 0.154. The summed E-state index contributed by atoms with van der Waals surface area (Å²) < 4.78 is 5.04. The van der Waals surface area contributed by atoms with Crippen molar-refractivity contribution in [3.8, 4) is 0 Å². The number of ether oxygens (including phenoxy) is 1. The lowest BCUT2D eigenvalue weighted by atomic mass is 10.1. The molecule has 1 saturated heterocycles. The Labute approximate surface area is 85.5 Å². The van der Waals surface area contributed by atoms with E-state index in [9.17, 15) is 5.11 Å². The zero-order valence-electron chi connectivity index (χ0n) is 8.81. The predicted octanol–water partition coefficient (Wildman–Crippen LogP) is 2.54. The zero-order valence-corrected chi connectivity index (χ0v) is 8.81. The molecular formula is C12H18O2. The maximum atomic E-state index is 9.65. The van der Waals surface area contributed by atoms with Crippen LogP contribution in [0.15, 0.2) is 30.3 Å². The highest BCUT2D eigenvalue weighted by Gasteiger charge is 2.26. The summed E-state index contributed by atoms with van der Waals surface area (Å²) in [6, 6.07) is 9.70. The van der Waals surface area contributed by atoms with Gasteiger partial charge in [0.1, 0.15) is 0 Å². The topological polar surface area (TPSA) is 32.8 Å². The Morgan fingerprint density at radius 1 is 1.36 bits per heavy atom. The van der Waals surface area contributed by atoms with Crippen LogP contribution in [0.3, 0.4) is 0 Å². The van der Waals surface area contributed by atoms with Crippen LogP contribution in [0.25, 0.3) is 0 Å². The summed E-state index contributed by atoms with van der Waals surface area (Å²) in [4.78, 5) is 0. The van der Waals surface area contributed by atoms with Crippen LogP contribution in [-0.2, 0) is 4.74 Å². The first-order chi connectivity index (χ1) is 6.86. The van der Waals surface area contributed by atoms with Gasteiger partial charge in [0.25, 0.3) is 0 Å². The van der Waals surface area contributed by atoms with Gasteiger partial charge in [-0.25, -0.2) is 0 Å². The minimum atomic E-state index is -0.362. The van der Waals surface area contributed by atoms with Crippen LogP contribution in [0.5, 0.6) is 0 Å². The van der Waals surface area contributed by atoms with Gasteiger partial charge in [-0.1, -0.05) is 44.2 Å². The van der Waals surface area contributed by atoms with Crippen LogP contribution in [0.4, 0.5) is 0 Å². The Hall–Kier alpha value is -0.860. The first-order valence-electron chi connectivity index (χ1n) is 5.21. The van der Waals surface area contributed by atoms with Gasteiger partial charge >= 0.3 is 0 Å². The molecule has 0 spiro atoms. The summed E-state index contributed by atoms with van der Waals surface area (Å²) in [5, 5.41) is 9.65. The van der Waals surface area contributed by atoms with E-state index >= 15 is 0 Å². The Kier molecular flexibility index (Phi) is 4.63. The van der Waals surface area contributed by atoms with Gasteiger partial charge in [-0.15, -0.1) is 0 Å². The quantitative estimate of drug-likeness (QED) is 0.750. The minimum Gasteiger partial charge on any atom is -0.388 e. The average molecular weight is 194 g/mol. The highest BCUT2D eigenvalue weighted by molar-refractivity contribution is 5.17. The fourth-order valence-corrected chi connectivity index (χ4v) is 1.26. The molecule has 0 aliphatic carbocycles. The van der Waals surface area contributed by atoms with Gasteiger partial charge in [0.2, 0.25) is 0 Å². The van der Waals surface area contributed by atoms with Crippen molar-refractivity contribution in [2.75, 3.05) is 6.61 Å². The molecule has 2 heteroatoms. The third kappa shape index (κ3) is 3.48. The summed E-state index contributed by atoms with van der Waals surface area (Å²) in [6.07, 6.45) is 0.656. The van der Waals surface area contributed by atoms with E-state index < -0.39 is 0 Å². The summed E-state index contributed by atoms with van der Waals surface area (Å²) in [7, 11) is 0. The van der Waals surface area contributed by atoms with Gasteiger partial charge in [-0.3, -0.25) is 0 Å². The highest BCUT2D eigenvalue weighted by atomic mass is 16.6. The van der Waals surface area contributed by atoms with Crippen LogP contribution in [0.1, 0.15) is 31.9 Å². The maximum Gasteiger partial charge on any atom is 0.0837 e. The number of aliphatic hydroxyl groups is 1. The SMILES string of the molecule is CC.OC(CC1CO1)c1ccccc1. The summed E-state index contributed by atoms with van der Waals surface area (Å²) in [6.45, 7) is 4.81. The van der Waals surface area contributed by atoms with Crippen molar-refractivity contribution in [3.63, 3.8) is 0 Å². The fourth-order valence-electron chi connectivity index (χ4n) is 1.26. The van der Waals surface area contributed by atoms with Crippen LogP contribution in [-0.4, -0.2) is 17.8 Å². The number of hydrogen-bond acceptors (Lipinski definition) is 2. The highest BCUT2D eigenvalue weighted by Crippen LogP contribution is 2.24. The van der Waals surface area contributed by atoms with Gasteiger partial charge in [-0.05, 0) is 5.56 Å². The van der Waals surface area contributed by atoms with E-state index in [2.05, 4.69) is 0 Å². The summed E-state index contributed by atoms with van der Waals surface area (Å²) >= 11 is 0. The molecule has 14 heavy (non-hydrogen) atoms. The number of hydrogen-bond donors (Lipinski definition) is 1. The first-order valence-corrected chi connectivity index (χ1v) is 5.21. The number of epoxide rings is 1. The normalized spacial score (nSPS) is 20.6. The van der Waals surface area contributed by atoms with E-state index in [-0.39, 0.29) is 6.10 Å². The molecule has 1 heterocycles. The molecule has 1 N–H and O–H groups in total. The van der Waals surface area contributed by atoms with E-state index in [4.69, 9.17) is 4.74 Å². The molecule has 78 valence electrons. The van der Waals surface area contributed by atoms with E-state index in [1.54, 1.807) is 0 Å². The van der Waals surface area contributed by atoms with Crippen molar-refractivity contribution in [3.05, 3.63) is 35.9 Å². The fraction of sp³-hybridized carbons (Fsp3) is 0.500. The molecule has 0 aromatic heterocycles. The summed E-state index contributed by atoms with van der Waals surface area (Å²) in [5.74, 6) is 0. The Morgan fingerprint density at radius 2 is 1.93 bits per heavy atom. The molecule has 0 bridgehead atoms. The molecule has 1 aromatic rings. The second-order valence-electron chi connectivity index (χ2n) is 3.12. The minimum absolute atomic E-state index is 0.292. The van der Waals surface area contributed by atoms with E-state index in [0.717, 1.165) is 18.6 Å². The maximum absolute atomic E-state index is 9.65. The summed E-state index contributed by atoms with van der Waals surface area (Å²) in [5.41, 5.74) is 0.980. The molecule has 2 unspecified atom stereocenters. The third-order valence-corrected chi connectivity index (χ3v) is 2.07. The molecule has 1 aliphatic rings. The van der Waals surface area contributed by atoms with Crippen molar-refractivity contribution in [2.45, 2.75) is 32.5 Å². The molecule has 1 fully saturated rings. The van der Waals surface area contributed by atoms with Gasteiger partial charge in [0.15, 0.2) is 0 Å². The number of benzene rings is 1. The monoisotopic (exact) mass is 194 g/mol. The molecule has 0 saturated carbocycles. The molecule has 1 aromatic carbocycles. The molecule has 2 nitrogen and oxygen atoms in total. The van der Waals surface area contributed by atoms with E-state index in [1.165, 1.54) is 0 Å². The van der Waals surface area contributed by atoms with Crippen molar-refractivity contribution in [1.82, 2.24) is 0 Å². The third-order valence-electron chi connectivity index (χ3n) is 2.07. The molecule has 0 radical (unpaired) electrons. The van der Waals surface area contributed by atoms with Gasteiger partial charge in [0.05, 0.1) is 18.8 Å². The molecular weight excluding hydrogens is 176 g/mol.